The normalized spacial score (nSPS) is 19.2. The third-order valence-corrected chi connectivity index (χ3v) is 4.77. The summed E-state index contributed by atoms with van der Waals surface area (Å²) in [5.74, 6) is 0. The van der Waals surface area contributed by atoms with Crippen LogP contribution in [0.3, 0.4) is 0 Å². The van der Waals surface area contributed by atoms with Gasteiger partial charge in [0.1, 0.15) is 0 Å². The number of nitrogens with one attached hydrogen (secondary N) is 1. The van der Waals surface area contributed by atoms with Crippen LogP contribution in [0.15, 0.2) is 0 Å². The van der Waals surface area contributed by atoms with Gasteiger partial charge in [0.15, 0.2) is 0 Å². The molecule has 1 saturated carbocycles. The molecule has 1 atom stereocenters. The van der Waals surface area contributed by atoms with Gasteiger partial charge >= 0.3 is 0 Å². The number of hydrogen-bond acceptors (Lipinski definition) is 1. The van der Waals surface area contributed by atoms with E-state index in [4.69, 9.17) is 0 Å². The van der Waals surface area contributed by atoms with Gasteiger partial charge in [0.2, 0.25) is 0 Å². The van der Waals surface area contributed by atoms with Crippen molar-refractivity contribution < 1.29 is 0 Å². The van der Waals surface area contributed by atoms with Crippen LogP contribution in [-0.4, -0.2) is 13.1 Å². The van der Waals surface area contributed by atoms with E-state index in [0.717, 1.165) is 6.04 Å². The van der Waals surface area contributed by atoms with Gasteiger partial charge in [-0.15, -0.1) is 0 Å². The quantitative estimate of drug-likeness (QED) is 0.505. The van der Waals surface area contributed by atoms with Gasteiger partial charge in [-0.25, -0.2) is 0 Å². The molecule has 1 nitrogen and oxygen atoms in total. The van der Waals surface area contributed by atoms with E-state index in [0.29, 0.717) is 5.41 Å². The van der Waals surface area contributed by atoms with Gasteiger partial charge in [0.25, 0.3) is 0 Å². The van der Waals surface area contributed by atoms with E-state index in [1.165, 1.54) is 70.6 Å². The molecule has 0 heterocycles. The molecule has 0 aromatic carbocycles. The predicted molar refractivity (Wildman–Crippen MR) is 77.4 cm³/mol. The highest BCUT2D eigenvalue weighted by Crippen LogP contribution is 2.52. The Kier molecular flexibility index (Phi) is 7.18. The summed E-state index contributed by atoms with van der Waals surface area (Å²) in [5, 5.41) is 3.44. The van der Waals surface area contributed by atoms with Gasteiger partial charge in [0.05, 0.1) is 0 Å². The van der Waals surface area contributed by atoms with Gasteiger partial charge in [-0.2, -0.15) is 0 Å². The lowest BCUT2D eigenvalue weighted by Crippen LogP contribution is -2.31. The maximum atomic E-state index is 3.44. The molecule has 102 valence electrons. The van der Waals surface area contributed by atoms with Crippen LogP contribution in [0, 0.1) is 5.41 Å². The third-order valence-electron chi connectivity index (χ3n) is 4.77. The zero-order chi connectivity index (χ0) is 12.6. The molecule has 1 aliphatic rings. The molecule has 0 aliphatic heterocycles. The van der Waals surface area contributed by atoms with E-state index >= 15 is 0 Å². The Balaban J connectivity index is 1.91. The first-order valence-corrected chi connectivity index (χ1v) is 7.92. The minimum Gasteiger partial charge on any atom is -0.317 e. The Morgan fingerprint density at radius 3 is 1.94 bits per heavy atom. The van der Waals surface area contributed by atoms with Crippen molar-refractivity contribution in [2.24, 2.45) is 5.41 Å². The Labute approximate surface area is 109 Å². The van der Waals surface area contributed by atoms with Crippen molar-refractivity contribution in [3.8, 4) is 0 Å². The summed E-state index contributed by atoms with van der Waals surface area (Å²) in [6.45, 7) is 4.65. The molecule has 1 rings (SSSR count). The van der Waals surface area contributed by atoms with E-state index in [1.54, 1.807) is 0 Å². The fourth-order valence-electron chi connectivity index (χ4n) is 2.98. The van der Waals surface area contributed by atoms with Crippen molar-refractivity contribution in [3.63, 3.8) is 0 Å². The third kappa shape index (κ3) is 5.42. The summed E-state index contributed by atoms with van der Waals surface area (Å²) < 4.78 is 0. The zero-order valence-corrected chi connectivity index (χ0v) is 12.4. The van der Waals surface area contributed by atoms with Crippen LogP contribution in [0.2, 0.25) is 0 Å². The summed E-state index contributed by atoms with van der Waals surface area (Å²) in [6, 6.07) is 0.729. The minimum atomic E-state index is 0.691. The van der Waals surface area contributed by atoms with Gasteiger partial charge in [-0.1, -0.05) is 58.3 Å². The average molecular weight is 239 g/mol. The molecule has 1 heteroatoms. The lowest BCUT2D eigenvalue weighted by molar-refractivity contribution is 0.333. The molecule has 0 aromatic heterocycles. The van der Waals surface area contributed by atoms with Crippen LogP contribution in [0.1, 0.15) is 84.5 Å². The summed E-state index contributed by atoms with van der Waals surface area (Å²) in [5.41, 5.74) is 0.691. The van der Waals surface area contributed by atoms with Crippen molar-refractivity contribution in [1.29, 1.82) is 0 Å². The molecule has 1 fully saturated rings. The van der Waals surface area contributed by atoms with Gasteiger partial charge < -0.3 is 5.32 Å². The van der Waals surface area contributed by atoms with Crippen LogP contribution in [0.5, 0.6) is 0 Å². The largest absolute Gasteiger partial charge is 0.317 e. The molecule has 0 spiro atoms. The molecule has 0 radical (unpaired) electrons. The Bertz CT molecular complexity index is 184. The maximum absolute atomic E-state index is 3.44. The first kappa shape index (κ1) is 15.0. The molecule has 1 N–H and O–H groups in total. The van der Waals surface area contributed by atoms with E-state index < -0.39 is 0 Å². The average Bonchev–Trinajstić information content (AvgIpc) is 3.13. The summed E-state index contributed by atoms with van der Waals surface area (Å²) in [4.78, 5) is 0. The number of rotatable bonds is 11. The minimum absolute atomic E-state index is 0.691. The standard InChI is InChI=1S/C16H33N/c1-4-5-6-7-8-9-10-11-12-16(13-14-16)15(2)17-3/h15,17H,4-14H2,1-3H3. The van der Waals surface area contributed by atoms with Crippen LogP contribution < -0.4 is 5.32 Å². The van der Waals surface area contributed by atoms with E-state index in [-0.39, 0.29) is 0 Å². The zero-order valence-electron chi connectivity index (χ0n) is 12.4. The second-order valence-corrected chi connectivity index (χ2v) is 6.10. The van der Waals surface area contributed by atoms with Crippen LogP contribution in [-0.2, 0) is 0 Å². The molecule has 17 heavy (non-hydrogen) atoms. The first-order valence-electron chi connectivity index (χ1n) is 7.92. The molecule has 0 bridgehead atoms. The Morgan fingerprint density at radius 1 is 0.941 bits per heavy atom. The second-order valence-electron chi connectivity index (χ2n) is 6.10. The monoisotopic (exact) mass is 239 g/mol. The SMILES string of the molecule is CCCCCCCCCCC1(C(C)NC)CC1. The topological polar surface area (TPSA) is 12.0 Å². The fraction of sp³-hybridized carbons (Fsp3) is 1.00. The summed E-state index contributed by atoms with van der Waals surface area (Å²) in [6.07, 6.45) is 16.0. The van der Waals surface area contributed by atoms with Crippen LogP contribution in [0.25, 0.3) is 0 Å². The lowest BCUT2D eigenvalue weighted by Gasteiger charge is -2.22. The van der Waals surface area contributed by atoms with Crippen molar-refractivity contribution in [2.75, 3.05) is 7.05 Å². The van der Waals surface area contributed by atoms with Crippen LogP contribution in [0.4, 0.5) is 0 Å². The van der Waals surface area contributed by atoms with Crippen LogP contribution >= 0.6 is 0 Å². The summed E-state index contributed by atoms with van der Waals surface area (Å²) >= 11 is 0. The second kappa shape index (κ2) is 8.13. The molecule has 0 saturated heterocycles. The highest BCUT2D eigenvalue weighted by Gasteiger charge is 2.45. The van der Waals surface area contributed by atoms with Gasteiger partial charge in [0, 0.05) is 6.04 Å². The van der Waals surface area contributed by atoms with E-state index in [1.807, 2.05) is 0 Å². The van der Waals surface area contributed by atoms with Gasteiger partial charge in [-0.05, 0) is 38.6 Å². The molecule has 1 aliphatic carbocycles. The summed E-state index contributed by atoms with van der Waals surface area (Å²) in [7, 11) is 2.11. The van der Waals surface area contributed by atoms with Crippen molar-refractivity contribution in [1.82, 2.24) is 5.32 Å². The van der Waals surface area contributed by atoms with Crippen molar-refractivity contribution in [3.05, 3.63) is 0 Å². The highest BCUT2D eigenvalue weighted by atomic mass is 14.9. The van der Waals surface area contributed by atoms with Crippen molar-refractivity contribution >= 4 is 0 Å². The van der Waals surface area contributed by atoms with E-state index in [9.17, 15) is 0 Å². The Hall–Kier alpha value is -0.0400. The van der Waals surface area contributed by atoms with Gasteiger partial charge in [-0.3, -0.25) is 0 Å². The fourth-order valence-corrected chi connectivity index (χ4v) is 2.98. The molecular formula is C16H33N. The molecular weight excluding hydrogens is 206 g/mol. The maximum Gasteiger partial charge on any atom is 0.00921 e. The van der Waals surface area contributed by atoms with Crippen molar-refractivity contribution in [2.45, 2.75) is 90.5 Å². The Morgan fingerprint density at radius 2 is 1.47 bits per heavy atom. The number of hydrogen-bond donors (Lipinski definition) is 1. The molecule has 0 aromatic rings. The molecule has 1 unspecified atom stereocenters. The first-order chi connectivity index (χ1) is 8.25. The smallest absolute Gasteiger partial charge is 0.00921 e. The van der Waals surface area contributed by atoms with E-state index in [2.05, 4.69) is 26.2 Å². The lowest BCUT2D eigenvalue weighted by atomic mass is 9.91. The number of unbranched alkanes of at least 4 members (excludes halogenated alkanes) is 7. The highest BCUT2D eigenvalue weighted by molar-refractivity contribution is 4.99. The predicted octanol–water partition coefficient (Wildman–Crippen LogP) is 4.91. The molecule has 0 amide bonds.